The first-order valence-electron chi connectivity index (χ1n) is 7.34. The van der Waals surface area contributed by atoms with Gasteiger partial charge < -0.3 is 4.90 Å². The van der Waals surface area contributed by atoms with Crippen LogP contribution < -0.4 is 4.90 Å². The number of rotatable bonds is 1. The summed E-state index contributed by atoms with van der Waals surface area (Å²) in [6.07, 6.45) is 2.38. The molecule has 2 amide bonds. The normalized spacial score (nSPS) is 21.7. The Hall–Kier alpha value is -1.55. The van der Waals surface area contributed by atoms with Gasteiger partial charge >= 0.3 is 6.03 Å². The van der Waals surface area contributed by atoms with E-state index in [9.17, 15) is 4.79 Å². The van der Waals surface area contributed by atoms with Crippen molar-refractivity contribution >= 4 is 29.2 Å². The lowest BCUT2D eigenvalue weighted by molar-refractivity contribution is 0.178. The van der Waals surface area contributed by atoms with E-state index >= 15 is 0 Å². The predicted molar refractivity (Wildman–Crippen MR) is 86.2 cm³/mol. The molecule has 1 aromatic rings. The van der Waals surface area contributed by atoms with E-state index in [0.29, 0.717) is 11.6 Å². The van der Waals surface area contributed by atoms with Crippen LogP contribution in [0.4, 0.5) is 10.5 Å². The maximum atomic E-state index is 12.2. The highest BCUT2D eigenvalue weighted by atomic mass is 35.5. The number of carbonyl (C=O) groups excluding carboxylic acids is 1. The van der Waals surface area contributed by atoms with Crippen molar-refractivity contribution in [3.8, 4) is 0 Å². The number of aliphatic imine (C=N–C) groups is 1. The molecule has 0 bridgehead atoms. The highest BCUT2D eigenvalue weighted by molar-refractivity contribution is 6.30. The van der Waals surface area contributed by atoms with Gasteiger partial charge in [0.1, 0.15) is 5.84 Å². The van der Waals surface area contributed by atoms with Crippen molar-refractivity contribution in [3.63, 3.8) is 0 Å². The molecule has 4 nitrogen and oxygen atoms in total. The fourth-order valence-corrected chi connectivity index (χ4v) is 3.18. The molecule has 0 unspecified atom stereocenters. The Balaban J connectivity index is 1.74. The molecular weight excluding hydrogens is 286 g/mol. The third-order valence-corrected chi connectivity index (χ3v) is 4.41. The fourth-order valence-electron chi connectivity index (χ4n) is 3.05. The molecular formula is C16H20ClN3O. The van der Waals surface area contributed by atoms with Crippen molar-refractivity contribution in [2.24, 2.45) is 10.4 Å². The van der Waals surface area contributed by atoms with Gasteiger partial charge in [-0.1, -0.05) is 25.4 Å². The second-order valence-corrected chi connectivity index (χ2v) is 7.00. The Morgan fingerprint density at radius 1 is 1.24 bits per heavy atom. The van der Waals surface area contributed by atoms with Crippen LogP contribution in [0.1, 0.15) is 26.7 Å². The standard InChI is InChI=1S/C16H20ClN3O/c1-16(2)8-3-9-19(11-16)14-10-20(15(21)18-14)13-6-4-12(17)5-7-13/h4-7H,3,8-11H2,1-2H3. The van der Waals surface area contributed by atoms with E-state index in [4.69, 9.17) is 11.6 Å². The Kier molecular flexibility index (Phi) is 3.66. The molecule has 112 valence electrons. The number of anilines is 1. The minimum Gasteiger partial charge on any atom is -0.358 e. The van der Waals surface area contributed by atoms with Gasteiger partial charge in [-0.25, -0.2) is 4.79 Å². The third kappa shape index (κ3) is 3.05. The Labute approximate surface area is 130 Å². The number of likely N-dealkylation sites (tertiary alicyclic amines) is 1. The van der Waals surface area contributed by atoms with Gasteiger partial charge in [0.15, 0.2) is 0 Å². The van der Waals surface area contributed by atoms with E-state index in [1.165, 1.54) is 6.42 Å². The molecule has 0 atom stereocenters. The van der Waals surface area contributed by atoms with E-state index in [-0.39, 0.29) is 11.4 Å². The van der Waals surface area contributed by atoms with Gasteiger partial charge in [-0.2, -0.15) is 4.99 Å². The van der Waals surface area contributed by atoms with Crippen LogP contribution in [0.3, 0.4) is 0 Å². The number of benzene rings is 1. The second kappa shape index (κ2) is 5.34. The molecule has 1 fully saturated rings. The first-order chi connectivity index (χ1) is 9.94. The lowest BCUT2D eigenvalue weighted by Gasteiger charge is -2.39. The summed E-state index contributed by atoms with van der Waals surface area (Å²) in [6.45, 7) is 7.05. The summed E-state index contributed by atoms with van der Waals surface area (Å²) in [6, 6.07) is 7.13. The molecule has 1 saturated heterocycles. The smallest absolute Gasteiger partial charge is 0.350 e. The number of amides is 2. The van der Waals surface area contributed by atoms with E-state index in [0.717, 1.165) is 31.0 Å². The Bertz CT molecular complexity index is 580. The average molecular weight is 306 g/mol. The van der Waals surface area contributed by atoms with Crippen molar-refractivity contribution in [2.75, 3.05) is 24.5 Å². The van der Waals surface area contributed by atoms with Crippen LogP contribution in [0.5, 0.6) is 0 Å². The lowest BCUT2D eigenvalue weighted by atomic mass is 9.84. The Morgan fingerprint density at radius 2 is 1.95 bits per heavy atom. The molecule has 5 heteroatoms. The molecule has 2 aliphatic heterocycles. The monoisotopic (exact) mass is 305 g/mol. The quantitative estimate of drug-likeness (QED) is 0.791. The van der Waals surface area contributed by atoms with Crippen molar-refractivity contribution in [3.05, 3.63) is 29.3 Å². The van der Waals surface area contributed by atoms with Crippen LogP contribution in [0.25, 0.3) is 0 Å². The van der Waals surface area contributed by atoms with Crippen LogP contribution in [-0.4, -0.2) is 36.4 Å². The summed E-state index contributed by atoms with van der Waals surface area (Å²) in [5.41, 5.74) is 1.14. The summed E-state index contributed by atoms with van der Waals surface area (Å²) < 4.78 is 0. The molecule has 0 aromatic heterocycles. The van der Waals surface area contributed by atoms with E-state index in [1.807, 2.05) is 12.1 Å². The van der Waals surface area contributed by atoms with Crippen LogP contribution >= 0.6 is 11.6 Å². The lowest BCUT2D eigenvalue weighted by Crippen LogP contribution is -2.45. The van der Waals surface area contributed by atoms with Crippen LogP contribution in [-0.2, 0) is 0 Å². The Morgan fingerprint density at radius 3 is 2.62 bits per heavy atom. The summed E-state index contributed by atoms with van der Waals surface area (Å²) in [4.78, 5) is 20.4. The number of hydrogen-bond donors (Lipinski definition) is 0. The van der Waals surface area contributed by atoms with Crippen molar-refractivity contribution in [1.29, 1.82) is 0 Å². The molecule has 1 aromatic carbocycles. The average Bonchev–Trinajstić information content (AvgIpc) is 2.81. The van der Waals surface area contributed by atoms with Crippen LogP contribution in [0.2, 0.25) is 5.02 Å². The van der Waals surface area contributed by atoms with Gasteiger partial charge in [0, 0.05) is 23.8 Å². The van der Waals surface area contributed by atoms with Gasteiger partial charge in [0.05, 0.1) is 6.54 Å². The van der Waals surface area contributed by atoms with Crippen LogP contribution in [0, 0.1) is 5.41 Å². The van der Waals surface area contributed by atoms with Gasteiger partial charge in [-0.15, -0.1) is 0 Å². The van der Waals surface area contributed by atoms with Crippen molar-refractivity contribution < 1.29 is 4.79 Å². The molecule has 2 heterocycles. The minimum absolute atomic E-state index is 0.185. The zero-order chi connectivity index (χ0) is 15.0. The summed E-state index contributed by atoms with van der Waals surface area (Å²) >= 11 is 5.90. The predicted octanol–water partition coefficient (Wildman–Crippen LogP) is 3.80. The van der Waals surface area contributed by atoms with E-state index in [1.54, 1.807) is 17.0 Å². The van der Waals surface area contributed by atoms with Gasteiger partial charge in [0.2, 0.25) is 0 Å². The number of urea groups is 1. The molecule has 0 spiro atoms. The van der Waals surface area contributed by atoms with Crippen LogP contribution in [0.15, 0.2) is 29.3 Å². The SMILES string of the molecule is CC1(C)CCCN(C2=NC(=O)N(c3ccc(Cl)cc3)C2)C1. The highest BCUT2D eigenvalue weighted by Gasteiger charge is 2.33. The molecule has 0 aliphatic carbocycles. The van der Waals surface area contributed by atoms with Gasteiger partial charge in [0.25, 0.3) is 0 Å². The largest absolute Gasteiger partial charge is 0.358 e. The molecule has 0 N–H and O–H groups in total. The summed E-state index contributed by atoms with van der Waals surface area (Å²) in [7, 11) is 0. The first-order valence-corrected chi connectivity index (χ1v) is 7.72. The highest BCUT2D eigenvalue weighted by Crippen LogP contribution is 2.30. The second-order valence-electron chi connectivity index (χ2n) is 6.56. The maximum absolute atomic E-state index is 12.2. The number of carbonyl (C=O) groups is 1. The molecule has 21 heavy (non-hydrogen) atoms. The van der Waals surface area contributed by atoms with Gasteiger partial charge in [-0.05, 0) is 42.5 Å². The number of amidine groups is 1. The maximum Gasteiger partial charge on any atom is 0.350 e. The zero-order valence-corrected chi connectivity index (χ0v) is 13.2. The van der Waals surface area contributed by atoms with Crippen molar-refractivity contribution in [1.82, 2.24) is 4.90 Å². The molecule has 0 saturated carbocycles. The minimum atomic E-state index is -0.185. The summed E-state index contributed by atoms with van der Waals surface area (Å²) in [5.74, 6) is 0.891. The number of nitrogens with zero attached hydrogens (tertiary/aromatic N) is 3. The van der Waals surface area contributed by atoms with Crippen molar-refractivity contribution in [2.45, 2.75) is 26.7 Å². The van der Waals surface area contributed by atoms with E-state index in [2.05, 4.69) is 23.7 Å². The molecule has 2 aliphatic rings. The summed E-state index contributed by atoms with van der Waals surface area (Å²) in [5, 5.41) is 0.671. The number of piperidine rings is 1. The number of hydrogen-bond acceptors (Lipinski definition) is 2. The molecule has 0 radical (unpaired) electrons. The zero-order valence-electron chi connectivity index (χ0n) is 12.5. The fraction of sp³-hybridized carbons (Fsp3) is 0.500. The molecule has 3 rings (SSSR count). The third-order valence-electron chi connectivity index (χ3n) is 4.16. The first kappa shape index (κ1) is 14.4. The van der Waals surface area contributed by atoms with E-state index < -0.39 is 0 Å². The van der Waals surface area contributed by atoms with Gasteiger partial charge in [-0.3, -0.25) is 4.90 Å². The topological polar surface area (TPSA) is 35.9 Å². The number of halogens is 1.